The first kappa shape index (κ1) is 20.0. The second kappa shape index (κ2) is 9.45. The van der Waals surface area contributed by atoms with E-state index >= 15 is 0 Å². The summed E-state index contributed by atoms with van der Waals surface area (Å²) in [6, 6.07) is 40.5. The van der Waals surface area contributed by atoms with Crippen LogP contribution in [0, 0.1) is 0 Å². The molecule has 0 bridgehead atoms. The van der Waals surface area contributed by atoms with Crippen molar-refractivity contribution in [1.82, 2.24) is 0 Å². The van der Waals surface area contributed by atoms with Crippen molar-refractivity contribution >= 4 is 0 Å². The molecule has 4 aromatic rings. The van der Waals surface area contributed by atoms with Crippen LogP contribution in [-0.2, 0) is 18.4 Å². The Balaban J connectivity index is 1.45. The Labute approximate surface area is 180 Å². The van der Waals surface area contributed by atoms with Gasteiger partial charge in [0.1, 0.15) is 12.4 Å². The average Bonchev–Trinajstić information content (AvgIpc) is 2.83. The lowest BCUT2D eigenvalue weighted by molar-refractivity contribution is 0.306. The summed E-state index contributed by atoms with van der Waals surface area (Å²) in [5.74, 6) is 0.913. The summed E-state index contributed by atoms with van der Waals surface area (Å²) in [5.41, 5.74) is 5.21. The van der Waals surface area contributed by atoms with Gasteiger partial charge in [-0.15, -0.1) is 0 Å². The SMILES string of the molecule is CC(CCc1ccc(OCc2ccccc2)cc1)(c1ccccc1)c1ccccc1. The fraction of sp³-hybridized carbons (Fsp3) is 0.172. The zero-order chi connectivity index (χ0) is 20.7. The molecule has 150 valence electrons. The van der Waals surface area contributed by atoms with Crippen molar-refractivity contribution in [2.24, 2.45) is 0 Å². The van der Waals surface area contributed by atoms with E-state index in [1.54, 1.807) is 0 Å². The topological polar surface area (TPSA) is 9.23 Å². The van der Waals surface area contributed by atoms with Crippen molar-refractivity contribution in [2.45, 2.75) is 31.8 Å². The van der Waals surface area contributed by atoms with Crippen molar-refractivity contribution in [2.75, 3.05) is 0 Å². The van der Waals surface area contributed by atoms with Crippen molar-refractivity contribution < 1.29 is 4.74 Å². The maximum absolute atomic E-state index is 5.93. The summed E-state index contributed by atoms with van der Waals surface area (Å²) in [7, 11) is 0. The van der Waals surface area contributed by atoms with Crippen LogP contribution < -0.4 is 4.74 Å². The third-order valence-electron chi connectivity index (χ3n) is 5.91. The Morgan fingerprint density at radius 2 is 1.07 bits per heavy atom. The molecule has 0 aliphatic heterocycles. The van der Waals surface area contributed by atoms with E-state index in [1.807, 2.05) is 18.2 Å². The van der Waals surface area contributed by atoms with E-state index < -0.39 is 0 Å². The molecule has 0 aliphatic carbocycles. The molecule has 0 radical (unpaired) electrons. The van der Waals surface area contributed by atoms with Gasteiger partial charge in [0.05, 0.1) is 0 Å². The van der Waals surface area contributed by atoms with Gasteiger partial charge in [0.2, 0.25) is 0 Å². The summed E-state index contributed by atoms with van der Waals surface area (Å²) in [5, 5.41) is 0. The summed E-state index contributed by atoms with van der Waals surface area (Å²) in [6.45, 7) is 2.95. The molecule has 0 spiro atoms. The number of benzene rings is 4. The molecule has 1 nitrogen and oxygen atoms in total. The largest absolute Gasteiger partial charge is 0.489 e. The number of rotatable bonds is 8. The highest BCUT2D eigenvalue weighted by atomic mass is 16.5. The van der Waals surface area contributed by atoms with Gasteiger partial charge >= 0.3 is 0 Å². The lowest BCUT2D eigenvalue weighted by atomic mass is 9.72. The van der Waals surface area contributed by atoms with Crippen LogP contribution in [0.2, 0.25) is 0 Å². The average molecular weight is 393 g/mol. The molecule has 0 amide bonds. The van der Waals surface area contributed by atoms with Gasteiger partial charge in [0.15, 0.2) is 0 Å². The minimum Gasteiger partial charge on any atom is -0.489 e. The molecule has 4 aromatic carbocycles. The fourth-order valence-electron chi connectivity index (χ4n) is 3.95. The van der Waals surface area contributed by atoms with Gasteiger partial charge in [-0.1, -0.05) is 110 Å². The summed E-state index contributed by atoms with van der Waals surface area (Å²) >= 11 is 0. The van der Waals surface area contributed by atoms with E-state index in [0.717, 1.165) is 18.6 Å². The van der Waals surface area contributed by atoms with Crippen LogP contribution in [0.5, 0.6) is 5.75 Å². The third-order valence-corrected chi connectivity index (χ3v) is 5.91. The van der Waals surface area contributed by atoms with Crippen molar-refractivity contribution in [1.29, 1.82) is 0 Å². The van der Waals surface area contributed by atoms with E-state index in [1.165, 1.54) is 22.3 Å². The van der Waals surface area contributed by atoms with Gasteiger partial charge in [0, 0.05) is 5.41 Å². The van der Waals surface area contributed by atoms with Crippen molar-refractivity contribution in [3.05, 3.63) is 138 Å². The quantitative estimate of drug-likeness (QED) is 0.308. The summed E-state index contributed by atoms with van der Waals surface area (Å²) < 4.78 is 5.93. The smallest absolute Gasteiger partial charge is 0.119 e. The Morgan fingerprint density at radius 1 is 0.567 bits per heavy atom. The summed E-state index contributed by atoms with van der Waals surface area (Å²) in [4.78, 5) is 0. The number of hydrogen-bond acceptors (Lipinski definition) is 1. The lowest BCUT2D eigenvalue weighted by Gasteiger charge is -2.31. The van der Waals surface area contributed by atoms with Crippen molar-refractivity contribution in [3.8, 4) is 5.75 Å². The first-order valence-electron chi connectivity index (χ1n) is 10.6. The Bertz CT molecular complexity index is 982. The highest BCUT2D eigenvalue weighted by Crippen LogP contribution is 2.36. The van der Waals surface area contributed by atoms with E-state index in [2.05, 4.69) is 104 Å². The van der Waals surface area contributed by atoms with Gasteiger partial charge in [-0.25, -0.2) is 0 Å². The maximum atomic E-state index is 5.93. The first-order valence-corrected chi connectivity index (χ1v) is 10.6. The van der Waals surface area contributed by atoms with E-state index in [-0.39, 0.29) is 5.41 Å². The Hall–Kier alpha value is -3.32. The van der Waals surface area contributed by atoms with Crippen LogP contribution in [0.3, 0.4) is 0 Å². The van der Waals surface area contributed by atoms with Gasteiger partial charge in [-0.05, 0) is 47.2 Å². The molecule has 0 N–H and O–H groups in total. The molecule has 30 heavy (non-hydrogen) atoms. The monoisotopic (exact) mass is 392 g/mol. The van der Waals surface area contributed by atoms with E-state index in [0.29, 0.717) is 6.61 Å². The lowest BCUT2D eigenvalue weighted by Crippen LogP contribution is -2.24. The number of ether oxygens (including phenoxy) is 1. The highest BCUT2D eigenvalue weighted by molar-refractivity contribution is 5.39. The molecule has 0 aromatic heterocycles. The molecular weight excluding hydrogens is 364 g/mol. The van der Waals surface area contributed by atoms with Gasteiger partial charge in [-0.3, -0.25) is 0 Å². The minimum absolute atomic E-state index is 0.0228. The zero-order valence-corrected chi connectivity index (χ0v) is 17.5. The molecule has 4 rings (SSSR count). The molecule has 0 saturated heterocycles. The zero-order valence-electron chi connectivity index (χ0n) is 17.5. The van der Waals surface area contributed by atoms with Crippen LogP contribution in [0.1, 0.15) is 35.6 Å². The maximum Gasteiger partial charge on any atom is 0.119 e. The van der Waals surface area contributed by atoms with Crippen LogP contribution in [0.25, 0.3) is 0 Å². The fourth-order valence-corrected chi connectivity index (χ4v) is 3.95. The standard InChI is InChI=1S/C29H28O/c1-29(26-13-7-3-8-14-26,27-15-9-4-10-16-27)22-21-24-17-19-28(20-18-24)30-23-25-11-5-2-6-12-25/h2-20H,21-23H2,1H3. The van der Waals surface area contributed by atoms with Gasteiger partial charge < -0.3 is 4.74 Å². The molecular formula is C29H28O. The van der Waals surface area contributed by atoms with E-state index in [9.17, 15) is 0 Å². The van der Waals surface area contributed by atoms with Crippen LogP contribution >= 0.6 is 0 Å². The number of aryl methyl sites for hydroxylation is 1. The van der Waals surface area contributed by atoms with Crippen LogP contribution in [0.15, 0.2) is 115 Å². The molecule has 0 unspecified atom stereocenters. The molecule has 0 heterocycles. The normalized spacial score (nSPS) is 11.2. The second-order valence-electron chi connectivity index (χ2n) is 7.98. The highest BCUT2D eigenvalue weighted by Gasteiger charge is 2.28. The Morgan fingerprint density at radius 3 is 1.60 bits per heavy atom. The molecule has 1 heteroatoms. The minimum atomic E-state index is -0.0228. The molecule has 0 saturated carbocycles. The van der Waals surface area contributed by atoms with Crippen LogP contribution in [0.4, 0.5) is 0 Å². The first-order chi connectivity index (χ1) is 14.7. The van der Waals surface area contributed by atoms with Crippen LogP contribution in [-0.4, -0.2) is 0 Å². The van der Waals surface area contributed by atoms with Crippen molar-refractivity contribution in [3.63, 3.8) is 0 Å². The predicted octanol–water partition coefficient (Wildman–Crippen LogP) is 7.20. The predicted molar refractivity (Wildman–Crippen MR) is 125 cm³/mol. The van der Waals surface area contributed by atoms with Gasteiger partial charge in [0.25, 0.3) is 0 Å². The number of hydrogen-bond donors (Lipinski definition) is 0. The second-order valence-corrected chi connectivity index (χ2v) is 7.98. The molecule has 0 fully saturated rings. The Kier molecular flexibility index (Phi) is 6.29. The molecule has 0 aliphatic rings. The third kappa shape index (κ3) is 4.80. The molecule has 0 atom stereocenters. The van der Waals surface area contributed by atoms with Gasteiger partial charge in [-0.2, -0.15) is 0 Å². The summed E-state index contributed by atoms with van der Waals surface area (Å²) in [6.07, 6.45) is 2.06. The van der Waals surface area contributed by atoms with E-state index in [4.69, 9.17) is 4.74 Å².